The summed E-state index contributed by atoms with van der Waals surface area (Å²) in [6, 6.07) is 6.28. The number of anilines is 1. The summed E-state index contributed by atoms with van der Waals surface area (Å²) in [7, 11) is -2.12. The van der Waals surface area contributed by atoms with E-state index in [9.17, 15) is 13.2 Å². The largest absolute Gasteiger partial charge is 0.487 e. The second-order valence-corrected chi connectivity index (χ2v) is 14.4. The number of nitrogens with one attached hydrogen (secondary N) is 1. The minimum atomic E-state index is -3.43. The van der Waals surface area contributed by atoms with Gasteiger partial charge in [-0.3, -0.25) is 10.1 Å². The Bertz CT molecular complexity index is 1410. The van der Waals surface area contributed by atoms with Gasteiger partial charge in [-0.2, -0.15) is 0 Å². The lowest BCUT2D eigenvalue weighted by molar-refractivity contribution is -0.140. The molecule has 0 spiro atoms. The van der Waals surface area contributed by atoms with Crippen molar-refractivity contribution in [3.63, 3.8) is 0 Å². The average molecular weight is 581 g/mol. The third-order valence-electron chi connectivity index (χ3n) is 9.18. The smallest absolute Gasteiger partial charge is 0.305 e. The summed E-state index contributed by atoms with van der Waals surface area (Å²) in [6.07, 6.45) is 12.4. The Kier molecular flexibility index (Phi) is 7.80. The topological polar surface area (TPSA) is 111 Å². The third kappa shape index (κ3) is 6.14. The molecule has 2 atom stereocenters. The van der Waals surface area contributed by atoms with Crippen molar-refractivity contribution in [1.82, 2.24) is 15.3 Å². The number of piperidine rings is 1. The van der Waals surface area contributed by atoms with Gasteiger partial charge >= 0.3 is 5.97 Å². The molecule has 41 heavy (non-hydrogen) atoms. The van der Waals surface area contributed by atoms with Crippen LogP contribution >= 0.6 is 0 Å². The quantitative estimate of drug-likeness (QED) is 0.440. The highest BCUT2D eigenvalue weighted by Gasteiger charge is 2.43. The van der Waals surface area contributed by atoms with Gasteiger partial charge in [0.05, 0.1) is 12.9 Å². The maximum atomic E-state index is 12.9. The van der Waals surface area contributed by atoms with Crippen molar-refractivity contribution in [3.8, 4) is 5.75 Å². The van der Waals surface area contributed by atoms with Crippen molar-refractivity contribution in [2.45, 2.75) is 75.2 Å². The number of rotatable bonds is 9. The Morgan fingerprint density at radius 1 is 1.17 bits per heavy atom. The van der Waals surface area contributed by atoms with E-state index in [1.165, 1.54) is 31.1 Å². The van der Waals surface area contributed by atoms with Crippen molar-refractivity contribution in [3.05, 3.63) is 53.4 Å². The molecule has 2 aromatic rings. The molecule has 6 rings (SSSR count). The fourth-order valence-corrected chi connectivity index (χ4v) is 8.06. The molecule has 1 N–H and O–H groups in total. The van der Waals surface area contributed by atoms with Crippen LogP contribution in [-0.4, -0.2) is 67.8 Å². The number of ether oxygens (including phenoxy) is 2. The van der Waals surface area contributed by atoms with Gasteiger partial charge in [0.2, 0.25) is 5.95 Å². The van der Waals surface area contributed by atoms with Gasteiger partial charge in [-0.05, 0) is 91.8 Å². The Morgan fingerprint density at radius 2 is 1.93 bits per heavy atom. The molecule has 2 unspecified atom stereocenters. The van der Waals surface area contributed by atoms with Crippen LogP contribution in [0.2, 0.25) is 0 Å². The normalized spacial score (nSPS) is 24.9. The van der Waals surface area contributed by atoms with Gasteiger partial charge in [0, 0.05) is 50.8 Å². The first-order valence-corrected chi connectivity index (χ1v) is 16.6. The van der Waals surface area contributed by atoms with Gasteiger partial charge in [-0.15, -0.1) is 0 Å². The molecule has 0 radical (unpaired) electrons. The maximum absolute atomic E-state index is 12.9. The number of fused-ring (bicyclic) bond motifs is 1. The number of methoxy groups -OCH3 is 1. The van der Waals surface area contributed by atoms with Crippen molar-refractivity contribution in [2.24, 2.45) is 5.92 Å². The Hall–Kier alpha value is -2.98. The van der Waals surface area contributed by atoms with Crippen LogP contribution in [0.3, 0.4) is 0 Å². The lowest BCUT2D eigenvalue weighted by Gasteiger charge is -2.40. The Labute approximate surface area is 242 Å². The average Bonchev–Trinajstić information content (AvgIpc) is 3.78. The second kappa shape index (κ2) is 11.4. The van der Waals surface area contributed by atoms with Gasteiger partial charge in [0.15, 0.2) is 9.84 Å². The number of carbonyl (C=O) groups excluding carboxylic acids is 1. The van der Waals surface area contributed by atoms with Gasteiger partial charge in [-0.1, -0.05) is 6.07 Å². The van der Waals surface area contributed by atoms with Crippen LogP contribution in [0.1, 0.15) is 74.5 Å². The minimum absolute atomic E-state index is 0.0589. The van der Waals surface area contributed by atoms with Crippen LogP contribution in [0.15, 0.2) is 36.7 Å². The number of aromatic nitrogens is 2. The monoisotopic (exact) mass is 580 g/mol. The summed E-state index contributed by atoms with van der Waals surface area (Å²) in [5.74, 6) is 2.41. The zero-order valence-electron chi connectivity index (χ0n) is 24.0. The molecule has 1 saturated carbocycles. The van der Waals surface area contributed by atoms with Crippen LogP contribution in [0.25, 0.3) is 5.57 Å². The van der Waals surface area contributed by atoms with Crippen molar-refractivity contribution in [1.29, 1.82) is 0 Å². The molecule has 220 valence electrons. The highest BCUT2D eigenvalue weighted by molar-refractivity contribution is 7.92. The molecule has 0 bridgehead atoms. The van der Waals surface area contributed by atoms with Crippen LogP contribution in [-0.2, 0) is 25.8 Å². The summed E-state index contributed by atoms with van der Waals surface area (Å²) >= 11 is 0. The van der Waals surface area contributed by atoms with Crippen LogP contribution in [0, 0.1) is 5.92 Å². The number of hydrogen-bond donors (Lipinski definition) is 1. The molecular formula is C31H40N4O5S. The Balaban J connectivity index is 1.08. The first kappa shape index (κ1) is 28.2. The highest BCUT2D eigenvalue weighted by atomic mass is 32.2. The van der Waals surface area contributed by atoms with Gasteiger partial charge in [0.25, 0.3) is 0 Å². The van der Waals surface area contributed by atoms with Gasteiger partial charge in [-0.25, -0.2) is 18.4 Å². The van der Waals surface area contributed by atoms with Gasteiger partial charge in [0.1, 0.15) is 16.7 Å². The van der Waals surface area contributed by atoms with E-state index >= 15 is 0 Å². The fourth-order valence-electron chi connectivity index (χ4n) is 6.51. The molecule has 0 amide bonds. The van der Waals surface area contributed by atoms with Crippen molar-refractivity contribution < 1.29 is 22.7 Å². The number of esters is 1. The summed E-state index contributed by atoms with van der Waals surface area (Å²) in [5.41, 5.74) is 4.26. The van der Waals surface area contributed by atoms with E-state index < -0.39 is 21.2 Å². The van der Waals surface area contributed by atoms with E-state index in [-0.39, 0.29) is 24.2 Å². The Morgan fingerprint density at radius 3 is 2.63 bits per heavy atom. The number of hydrogen-bond acceptors (Lipinski definition) is 9. The second-order valence-electron chi connectivity index (χ2n) is 12.1. The molecule has 4 heterocycles. The van der Waals surface area contributed by atoms with Gasteiger partial charge < -0.3 is 14.4 Å². The summed E-state index contributed by atoms with van der Waals surface area (Å²) < 4.78 is 37.1. The molecule has 1 aliphatic carbocycles. The summed E-state index contributed by atoms with van der Waals surface area (Å²) in [5, 5.41) is 2.38. The number of benzene rings is 1. The van der Waals surface area contributed by atoms with E-state index in [0.29, 0.717) is 18.4 Å². The van der Waals surface area contributed by atoms with E-state index in [0.717, 1.165) is 61.6 Å². The zero-order valence-corrected chi connectivity index (χ0v) is 24.8. The van der Waals surface area contributed by atoms with E-state index in [1.807, 2.05) is 30.6 Å². The number of sulfone groups is 1. The maximum Gasteiger partial charge on any atom is 0.305 e. The summed E-state index contributed by atoms with van der Waals surface area (Å²) in [4.78, 5) is 23.0. The minimum Gasteiger partial charge on any atom is -0.487 e. The van der Waals surface area contributed by atoms with Crippen LogP contribution in [0.5, 0.6) is 5.75 Å². The lowest BCUT2D eigenvalue weighted by Crippen LogP contribution is -2.46. The molecule has 4 aliphatic rings. The van der Waals surface area contributed by atoms with E-state index in [4.69, 9.17) is 4.74 Å². The zero-order chi connectivity index (χ0) is 28.6. The number of carbonyl (C=O) groups is 1. The van der Waals surface area contributed by atoms with E-state index in [2.05, 4.69) is 37.9 Å². The SMILES string of the molecule is COC(=O)CCCS(=O)(=O)C1C=C(c2ccc3c(c2)CC(C)(C2CCN(c4ncc(C5CC5)cn4)CC2)O3)CCN1. The molecular weight excluding hydrogens is 540 g/mol. The van der Waals surface area contributed by atoms with Crippen molar-refractivity contribution >= 4 is 27.3 Å². The molecule has 2 fully saturated rings. The van der Waals surface area contributed by atoms with Crippen LogP contribution < -0.4 is 15.0 Å². The predicted molar refractivity (Wildman–Crippen MR) is 158 cm³/mol. The predicted octanol–water partition coefficient (Wildman–Crippen LogP) is 4.04. The first-order valence-electron chi connectivity index (χ1n) is 14.9. The summed E-state index contributed by atoms with van der Waals surface area (Å²) in [6.45, 7) is 4.66. The third-order valence-corrected chi connectivity index (χ3v) is 11.1. The molecule has 10 heteroatoms. The highest BCUT2D eigenvalue weighted by Crippen LogP contribution is 2.44. The first-order chi connectivity index (χ1) is 19.7. The van der Waals surface area contributed by atoms with Crippen LogP contribution in [0.4, 0.5) is 5.95 Å². The lowest BCUT2D eigenvalue weighted by atomic mass is 9.79. The van der Waals surface area contributed by atoms with E-state index in [1.54, 1.807) is 0 Å². The number of nitrogens with zero attached hydrogens (tertiary/aromatic N) is 3. The molecule has 1 aromatic carbocycles. The van der Waals surface area contributed by atoms with Crippen molar-refractivity contribution in [2.75, 3.05) is 37.4 Å². The molecule has 1 aromatic heterocycles. The molecule has 3 aliphatic heterocycles. The molecule has 9 nitrogen and oxygen atoms in total. The standard InChI is InChI=1S/C31H40N4O5S/c1-31(26-10-13-35(14-11-26)30-33-19-25(20-34-30)21-5-6-21)18-24-16-22(7-8-27(24)40-31)23-9-12-32-28(17-23)41(37,38)15-3-4-29(36)39-2/h7-8,16-17,19-21,26,28,32H,3-6,9-15,18H2,1-2H3. The fraction of sp³-hybridized carbons (Fsp3) is 0.581. The molecule has 1 saturated heterocycles.